The first-order valence-corrected chi connectivity index (χ1v) is 13.2. The van der Waals surface area contributed by atoms with Crippen molar-refractivity contribution >= 4 is 46.7 Å². The molecule has 0 unspecified atom stereocenters. The molecule has 0 radical (unpaired) electrons. The highest BCUT2D eigenvalue weighted by Gasteiger charge is 2.50. The Balaban J connectivity index is 1.16. The molecule has 2 N–H and O–H groups in total. The average Bonchev–Trinajstić information content (AvgIpc) is 3.22. The standard InChI is InChI=1S/C31H29N3O6/c1-19(35)32-23-10-12-24(13-11-23)33-28(36)18-40-31(39)21-7-14-25(15-8-21)34-29(37)26-16-9-22(17-27(26)30(34)38)20-5-3-2-4-6-20/h2-8,10-15,22,26-27H,9,16-18H2,1H3,(H,32,35)(H,33,36)/t22-,26-,27-/m1/s1. The fraction of sp³-hybridized carbons (Fsp3) is 0.258. The molecule has 1 saturated heterocycles. The van der Waals surface area contributed by atoms with Crippen LogP contribution < -0.4 is 15.5 Å². The predicted molar refractivity (Wildman–Crippen MR) is 149 cm³/mol. The van der Waals surface area contributed by atoms with Gasteiger partial charge < -0.3 is 15.4 Å². The van der Waals surface area contributed by atoms with Crippen molar-refractivity contribution in [2.45, 2.75) is 32.1 Å². The number of amides is 4. The highest BCUT2D eigenvalue weighted by Crippen LogP contribution is 2.45. The van der Waals surface area contributed by atoms with E-state index in [0.717, 1.165) is 6.42 Å². The van der Waals surface area contributed by atoms with Crippen molar-refractivity contribution in [2.24, 2.45) is 11.8 Å². The van der Waals surface area contributed by atoms with Crippen molar-refractivity contribution in [3.05, 3.63) is 90.0 Å². The van der Waals surface area contributed by atoms with Crippen molar-refractivity contribution in [3.63, 3.8) is 0 Å². The fourth-order valence-corrected chi connectivity index (χ4v) is 5.46. The Hall–Kier alpha value is -4.79. The average molecular weight is 540 g/mol. The van der Waals surface area contributed by atoms with E-state index in [1.807, 2.05) is 18.2 Å². The summed E-state index contributed by atoms with van der Waals surface area (Å²) in [4.78, 5) is 63.5. The summed E-state index contributed by atoms with van der Waals surface area (Å²) < 4.78 is 5.12. The van der Waals surface area contributed by atoms with E-state index in [2.05, 4.69) is 22.8 Å². The molecular weight excluding hydrogens is 510 g/mol. The lowest BCUT2D eigenvalue weighted by molar-refractivity contribution is -0.122. The van der Waals surface area contributed by atoms with Crippen LogP contribution in [0.25, 0.3) is 0 Å². The summed E-state index contributed by atoms with van der Waals surface area (Å²) in [7, 11) is 0. The first-order chi connectivity index (χ1) is 19.3. The maximum Gasteiger partial charge on any atom is 0.338 e. The zero-order valence-corrected chi connectivity index (χ0v) is 22.0. The van der Waals surface area contributed by atoms with Crippen LogP contribution >= 0.6 is 0 Å². The van der Waals surface area contributed by atoms with E-state index >= 15 is 0 Å². The molecule has 5 rings (SSSR count). The van der Waals surface area contributed by atoms with Crippen LogP contribution in [-0.2, 0) is 23.9 Å². The van der Waals surface area contributed by atoms with E-state index in [4.69, 9.17) is 4.74 Å². The van der Waals surface area contributed by atoms with Crippen LogP contribution in [0.4, 0.5) is 17.1 Å². The van der Waals surface area contributed by atoms with Crippen molar-refractivity contribution in [1.82, 2.24) is 0 Å². The van der Waals surface area contributed by atoms with E-state index in [0.29, 0.717) is 29.9 Å². The number of hydrogen-bond donors (Lipinski definition) is 2. The number of rotatable bonds is 7. The Morgan fingerprint density at radius 2 is 1.43 bits per heavy atom. The molecule has 1 heterocycles. The summed E-state index contributed by atoms with van der Waals surface area (Å²) in [6.07, 6.45) is 2.16. The van der Waals surface area contributed by atoms with Crippen molar-refractivity contribution in [1.29, 1.82) is 0 Å². The molecule has 40 heavy (non-hydrogen) atoms. The zero-order chi connectivity index (χ0) is 28.2. The summed E-state index contributed by atoms with van der Waals surface area (Å²) in [5.41, 5.74) is 2.87. The Kier molecular flexibility index (Phi) is 7.72. The van der Waals surface area contributed by atoms with Crippen LogP contribution in [0.1, 0.15) is 48.0 Å². The molecule has 3 aromatic carbocycles. The zero-order valence-electron chi connectivity index (χ0n) is 22.0. The van der Waals surface area contributed by atoms with Crippen LogP contribution in [0.15, 0.2) is 78.9 Å². The van der Waals surface area contributed by atoms with Gasteiger partial charge in [0.15, 0.2) is 6.61 Å². The minimum Gasteiger partial charge on any atom is -0.452 e. The molecule has 1 aliphatic carbocycles. The molecule has 0 aromatic heterocycles. The molecule has 1 saturated carbocycles. The Morgan fingerprint density at radius 3 is 2.08 bits per heavy atom. The number of carbonyl (C=O) groups excluding carboxylic acids is 5. The smallest absolute Gasteiger partial charge is 0.338 e. The van der Waals surface area contributed by atoms with E-state index < -0.39 is 18.5 Å². The fourth-order valence-electron chi connectivity index (χ4n) is 5.46. The molecule has 0 spiro atoms. The van der Waals surface area contributed by atoms with Gasteiger partial charge in [0.25, 0.3) is 5.91 Å². The number of carbonyl (C=O) groups is 5. The molecule has 4 amide bonds. The lowest BCUT2D eigenvalue weighted by Gasteiger charge is -2.28. The van der Waals surface area contributed by atoms with Crippen molar-refractivity contribution in [2.75, 3.05) is 22.1 Å². The van der Waals surface area contributed by atoms with Gasteiger partial charge in [0, 0.05) is 18.3 Å². The van der Waals surface area contributed by atoms with Gasteiger partial charge in [-0.1, -0.05) is 30.3 Å². The Labute approximate surface area is 231 Å². The van der Waals surface area contributed by atoms with E-state index in [1.165, 1.54) is 29.5 Å². The SMILES string of the molecule is CC(=O)Nc1ccc(NC(=O)COC(=O)c2ccc(N3C(=O)[C@@H]4CC[C@@H](c5ccccc5)C[C@H]4C3=O)cc2)cc1. The number of fused-ring (bicyclic) bond motifs is 1. The number of esters is 1. The van der Waals surface area contributed by atoms with Gasteiger partial charge in [-0.05, 0) is 79.3 Å². The van der Waals surface area contributed by atoms with Crippen LogP contribution in [0.3, 0.4) is 0 Å². The third-order valence-electron chi connectivity index (χ3n) is 7.38. The Morgan fingerprint density at radius 1 is 0.800 bits per heavy atom. The largest absolute Gasteiger partial charge is 0.452 e. The second kappa shape index (κ2) is 11.5. The predicted octanol–water partition coefficient (Wildman–Crippen LogP) is 4.51. The molecule has 2 fully saturated rings. The number of nitrogens with one attached hydrogen (secondary N) is 2. The molecule has 9 nitrogen and oxygen atoms in total. The summed E-state index contributed by atoms with van der Waals surface area (Å²) in [6, 6.07) is 22.6. The second-order valence-electron chi connectivity index (χ2n) is 10.1. The highest BCUT2D eigenvalue weighted by molar-refractivity contribution is 6.22. The Bertz CT molecular complexity index is 1440. The normalized spacial score (nSPS) is 20.0. The maximum atomic E-state index is 13.3. The number of hydrogen-bond acceptors (Lipinski definition) is 6. The van der Waals surface area contributed by atoms with Crippen LogP contribution in [-0.4, -0.2) is 36.2 Å². The van der Waals surface area contributed by atoms with Gasteiger partial charge in [-0.15, -0.1) is 0 Å². The van der Waals surface area contributed by atoms with E-state index in [9.17, 15) is 24.0 Å². The lowest BCUT2D eigenvalue weighted by atomic mass is 9.73. The van der Waals surface area contributed by atoms with Gasteiger partial charge in [-0.2, -0.15) is 0 Å². The topological polar surface area (TPSA) is 122 Å². The van der Waals surface area contributed by atoms with Crippen LogP contribution in [0, 0.1) is 11.8 Å². The van der Waals surface area contributed by atoms with Crippen LogP contribution in [0.5, 0.6) is 0 Å². The number of benzene rings is 3. The van der Waals surface area contributed by atoms with E-state index in [1.54, 1.807) is 36.4 Å². The minimum atomic E-state index is -0.707. The molecule has 2 aliphatic rings. The molecule has 3 aromatic rings. The molecule has 9 heteroatoms. The summed E-state index contributed by atoms with van der Waals surface area (Å²) in [5.74, 6) is -2.26. The first kappa shape index (κ1) is 26.8. The number of anilines is 3. The minimum absolute atomic E-state index is 0.192. The second-order valence-corrected chi connectivity index (χ2v) is 10.1. The summed E-state index contributed by atoms with van der Waals surface area (Å²) in [5, 5.41) is 5.24. The number of ether oxygens (including phenoxy) is 1. The van der Waals surface area contributed by atoms with Gasteiger partial charge in [0.1, 0.15) is 0 Å². The van der Waals surface area contributed by atoms with Gasteiger partial charge in [0.05, 0.1) is 23.1 Å². The van der Waals surface area contributed by atoms with Gasteiger partial charge in [-0.25, -0.2) is 4.79 Å². The molecule has 3 atom stereocenters. The van der Waals surface area contributed by atoms with Gasteiger partial charge in [-0.3, -0.25) is 24.1 Å². The molecule has 1 aliphatic heterocycles. The number of imide groups is 1. The monoisotopic (exact) mass is 539 g/mol. The van der Waals surface area contributed by atoms with Crippen molar-refractivity contribution < 1.29 is 28.7 Å². The highest BCUT2D eigenvalue weighted by atomic mass is 16.5. The molecular formula is C31H29N3O6. The van der Waals surface area contributed by atoms with Gasteiger partial charge >= 0.3 is 5.97 Å². The lowest BCUT2D eigenvalue weighted by Crippen LogP contribution is -2.30. The quantitative estimate of drug-likeness (QED) is 0.337. The third-order valence-corrected chi connectivity index (χ3v) is 7.38. The summed E-state index contributed by atoms with van der Waals surface area (Å²) >= 11 is 0. The molecule has 204 valence electrons. The third kappa shape index (κ3) is 5.78. The van der Waals surface area contributed by atoms with Crippen molar-refractivity contribution in [3.8, 4) is 0 Å². The number of nitrogens with zero attached hydrogens (tertiary/aromatic N) is 1. The first-order valence-electron chi connectivity index (χ1n) is 13.2. The van der Waals surface area contributed by atoms with Gasteiger partial charge in [0.2, 0.25) is 17.7 Å². The maximum absolute atomic E-state index is 13.3. The van der Waals surface area contributed by atoms with Crippen LogP contribution in [0.2, 0.25) is 0 Å². The van der Waals surface area contributed by atoms with E-state index in [-0.39, 0.29) is 41.0 Å². The summed E-state index contributed by atoms with van der Waals surface area (Å²) in [6.45, 7) is 0.902. The molecule has 0 bridgehead atoms.